The molecule has 0 saturated carbocycles. The summed E-state index contributed by atoms with van der Waals surface area (Å²) in [5, 5.41) is 8.82. The summed E-state index contributed by atoms with van der Waals surface area (Å²) in [7, 11) is 0. The van der Waals surface area contributed by atoms with Crippen LogP contribution in [0.5, 0.6) is 0 Å². The number of hydrogen-bond acceptors (Lipinski definition) is 2. The van der Waals surface area contributed by atoms with Gasteiger partial charge in [-0.1, -0.05) is 13.3 Å². The Morgan fingerprint density at radius 2 is 2.12 bits per heavy atom. The van der Waals surface area contributed by atoms with Gasteiger partial charge in [-0.3, -0.25) is 0 Å². The number of aliphatic hydroxyl groups excluding tert-OH is 1. The zero-order chi connectivity index (χ0) is 6.41. The Hall–Kier alpha value is 0.310. The van der Waals surface area contributed by atoms with Gasteiger partial charge in [0.1, 0.15) is 0 Å². The molecule has 0 radical (unpaired) electrons. The zero-order valence-electron chi connectivity index (χ0n) is 5.30. The summed E-state index contributed by atoms with van der Waals surface area (Å²) in [5.74, 6) is 0. The molecule has 0 rings (SSSR count). The lowest BCUT2D eigenvalue weighted by Crippen LogP contribution is -1.99. The van der Waals surface area contributed by atoms with E-state index in [9.17, 15) is 0 Å². The highest BCUT2D eigenvalue weighted by Gasteiger charge is 1.97. The minimum atomic E-state index is 0.272. The highest BCUT2D eigenvalue weighted by Crippen LogP contribution is 2.07. The van der Waals surface area contributed by atoms with Crippen LogP contribution in [0.1, 0.15) is 26.2 Å². The lowest BCUT2D eigenvalue weighted by Gasteiger charge is -2.04. The maximum absolute atomic E-state index is 8.41. The zero-order valence-corrected chi connectivity index (χ0v) is 6.19. The van der Waals surface area contributed by atoms with Gasteiger partial charge in [0, 0.05) is 11.9 Å². The monoisotopic (exact) mass is 134 g/mol. The molecule has 0 spiro atoms. The van der Waals surface area contributed by atoms with E-state index < -0.39 is 0 Å². The van der Waals surface area contributed by atoms with E-state index in [2.05, 4.69) is 19.6 Å². The second-order valence-electron chi connectivity index (χ2n) is 1.95. The van der Waals surface area contributed by atoms with Crippen molar-refractivity contribution in [1.29, 1.82) is 0 Å². The highest BCUT2D eigenvalue weighted by atomic mass is 32.1. The maximum Gasteiger partial charge on any atom is 0.0441 e. The molecule has 0 bridgehead atoms. The van der Waals surface area contributed by atoms with Crippen LogP contribution in [-0.2, 0) is 0 Å². The van der Waals surface area contributed by atoms with Crippen molar-refractivity contribution in [3.63, 3.8) is 0 Å². The summed E-state index contributed by atoms with van der Waals surface area (Å²) >= 11 is 4.23. The largest absolute Gasteiger partial charge is 0.396 e. The molecule has 1 N–H and O–H groups in total. The van der Waals surface area contributed by atoms with Crippen LogP contribution in [0.15, 0.2) is 0 Å². The van der Waals surface area contributed by atoms with Crippen LogP contribution in [0.2, 0.25) is 0 Å². The fourth-order valence-electron chi connectivity index (χ4n) is 0.627. The molecule has 1 atom stereocenters. The predicted octanol–water partition coefficient (Wildman–Crippen LogP) is 1.47. The van der Waals surface area contributed by atoms with E-state index in [0.29, 0.717) is 5.25 Å². The van der Waals surface area contributed by atoms with E-state index in [1.54, 1.807) is 0 Å². The molecule has 0 unspecified atom stereocenters. The van der Waals surface area contributed by atoms with Crippen LogP contribution < -0.4 is 0 Å². The molecule has 0 aromatic heterocycles. The molecule has 8 heavy (non-hydrogen) atoms. The van der Waals surface area contributed by atoms with E-state index in [0.717, 1.165) is 19.3 Å². The number of hydrogen-bond donors (Lipinski definition) is 2. The SMILES string of the molecule is CCC[C@H](S)CCO. The lowest BCUT2D eigenvalue weighted by atomic mass is 10.2. The predicted molar refractivity (Wildman–Crippen MR) is 39.4 cm³/mol. The Morgan fingerprint density at radius 1 is 1.50 bits per heavy atom. The highest BCUT2D eigenvalue weighted by molar-refractivity contribution is 7.80. The normalized spacial score (nSPS) is 13.9. The van der Waals surface area contributed by atoms with Crippen molar-refractivity contribution >= 4 is 12.6 Å². The Labute approximate surface area is 56.5 Å². The third-order valence-corrected chi connectivity index (χ3v) is 1.60. The Morgan fingerprint density at radius 3 is 2.50 bits per heavy atom. The number of rotatable bonds is 4. The first-order valence-electron chi connectivity index (χ1n) is 3.10. The van der Waals surface area contributed by atoms with Crippen molar-refractivity contribution in [2.75, 3.05) is 6.61 Å². The summed E-state index contributed by atoms with van der Waals surface area (Å²) in [6.45, 7) is 2.40. The van der Waals surface area contributed by atoms with Gasteiger partial charge < -0.3 is 5.11 Å². The second-order valence-corrected chi connectivity index (χ2v) is 2.69. The lowest BCUT2D eigenvalue weighted by molar-refractivity contribution is 0.285. The van der Waals surface area contributed by atoms with Crippen LogP contribution in [0.4, 0.5) is 0 Å². The quantitative estimate of drug-likeness (QED) is 0.558. The molecule has 0 saturated heterocycles. The van der Waals surface area contributed by atoms with Gasteiger partial charge in [-0.05, 0) is 12.8 Å². The molecule has 0 aromatic carbocycles. The van der Waals surface area contributed by atoms with Crippen LogP contribution in [-0.4, -0.2) is 17.0 Å². The van der Waals surface area contributed by atoms with Crippen molar-refractivity contribution in [2.45, 2.75) is 31.4 Å². The van der Waals surface area contributed by atoms with Crippen molar-refractivity contribution in [3.05, 3.63) is 0 Å². The molecule has 0 heterocycles. The van der Waals surface area contributed by atoms with E-state index in [1.807, 2.05) is 0 Å². The molecular weight excluding hydrogens is 120 g/mol. The molecule has 0 aromatic rings. The van der Waals surface area contributed by atoms with Gasteiger partial charge in [-0.15, -0.1) is 0 Å². The smallest absolute Gasteiger partial charge is 0.0441 e. The average molecular weight is 134 g/mol. The van der Waals surface area contributed by atoms with E-state index >= 15 is 0 Å². The van der Waals surface area contributed by atoms with Crippen LogP contribution in [0.25, 0.3) is 0 Å². The van der Waals surface area contributed by atoms with E-state index in [-0.39, 0.29) is 6.61 Å². The molecular formula is C6H14OS. The third-order valence-electron chi connectivity index (χ3n) is 1.08. The minimum absolute atomic E-state index is 0.272. The fraction of sp³-hybridized carbons (Fsp3) is 1.00. The van der Waals surface area contributed by atoms with Gasteiger partial charge >= 0.3 is 0 Å². The van der Waals surface area contributed by atoms with Gasteiger partial charge in [0.2, 0.25) is 0 Å². The summed E-state index contributed by atoms with van der Waals surface area (Å²) in [6, 6.07) is 0. The van der Waals surface area contributed by atoms with Gasteiger partial charge in [-0.25, -0.2) is 0 Å². The first-order valence-corrected chi connectivity index (χ1v) is 3.61. The molecule has 50 valence electrons. The summed E-state index contributed by atoms with van der Waals surface area (Å²) in [6.07, 6.45) is 3.11. The van der Waals surface area contributed by atoms with Gasteiger partial charge in [0.15, 0.2) is 0 Å². The van der Waals surface area contributed by atoms with E-state index in [1.165, 1.54) is 0 Å². The summed E-state index contributed by atoms with van der Waals surface area (Å²) < 4.78 is 0. The van der Waals surface area contributed by atoms with E-state index in [4.69, 9.17) is 5.11 Å². The van der Waals surface area contributed by atoms with Crippen molar-refractivity contribution in [3.8, 4) is 0 Å². The second kappa shape index (κ2) is 5.45. The number of aliphatic hydroxyl groups is 1. The molecule has 0 aliphatic heterocycles. The van der Waals surface area contributed by atoms with Crippen LogP contribution in [0.3, 0.4) is 0 Å². The number of thiol groups is 1. The molecule has 0 amide bonds. The first-order chi connectivity index (χ1) is 3.81. The Bertz CT molecular complexity index is 41.8. The van der Waals surface area contributed by atoms with Crippen molar-refractivity contribution in [1.82, 2.24) is 0 Å². The van der Waals surface area contributed by atoms with Crippen molar-refractivity contribution in [2.24, 2.45) is 0 Å². The fourth-order valence-corrected chi connectivity index (χ4v) is 1.00. The molecule has 2 heteroatoms. The van der Waals surface area contributed by atoms with Crippen LogP contribution >= 0.6 is 12.6 Å². The maximum atomic E-state index is 8.41. The van der Waals surface area contributed by atoms with Crippen molar-refractivity contribution < 1.29 is 5.11 Å². The molecule has 0 aliphatic rings. The van der Waals surface area contributed by atoms with Gasteiger partial charge in [0.05, 0.1) is 0 Å². The molecule has 0 fully saturated rings. The summed E-state index contributed by atoms with van der Waals surface area (Å²) in [5.41, 5.74) is 0. The molecule has 0 aliphatic carbocycles. The third kappa shape index (κ3) is 4.47. The Kier molecular flexibility index (Phi) is 5.66. The van der Waals surface area contributed by atoms with Crippen LogP contribution in [0, 0.1) is 0 Å². The average Bonchev–Trinajstić information content (AvgIpc) is 1.68. The van der Waals surface area contributed by atoms with Gasteiger partial charge in [0.25, 0.3) is 0 Å². The topological polar surface area (TPSA) is 20.2 Å². The minimum Gasteiger partial charge on any atom is -0.396 e. The standard InChI is InChI=1S/C6H14OS/c1-2-3-6(8)4-5-7/h6-8H,2-5H2,1H3/t6-/m0/s1. The first kappa shape index (κ1) is 8.31. The Balaban J connectivity index is 2.92. The summed E-state index contributed by atoms with van der Waals surface area (Å²) in [4.78, 5) is 0. The van der Waals surface area contributed by atoms with Gasteiger partial charge in [-0.2, -0.15) is 12.6 Å². The molecule has 1 nitrogen and oxygen atoms in total.